The summed E-state index contributed by atoms with van der Waals surface area (Å²) in [7, 11) is 1.41. The van der Waals surface area contributed by atoms with Crippen LogP contribution in [0.3, 0.4) is 0 Å². The minimum Gasteiger partial charge on any atom is -0.497 e. The van der Waals surface area contributed by atoms with E-state index < -0.39 is 11.7 Å². The van der Waals surface area contributed by atoms with E-state index in [1.807, 2.05) is 12.1 Å². The van der Waals surface area contributed by atoms with Crippen LogP contribution in [0.1, 0.15) is 23.2 Å². The number of carbonyl (C=O) groups is 1. The largest absolute Gasteiger partial charge is 0.497 e. The van der Waals surface area contributed by atoms with Gasteiger partial charge in [0.05, 0.1) is 37.7 Å². The Kier molecular flexibility index (Phi) is 5.99. The van der Waals surface area contributed by atoms with Crippen LogP contribution in [0, 0.1) is 28.5 Å². The first-order chi connectivity index (χ1) is 9.63. The first kappa shape index (κ1) is 15.5. The van der Waals surface area contributed by atoms with Gasteiger partial charge in [-0.1, -0.05) is 0 Å². The second kappa shape index (κ2) is 7.75. The molecule has 20 heavy (non-hydrogen) atoms. The van der Waals surface area contributed by atoms with E-state index in [9.17, 15) is 9.18 Å². The monoisotopic (exact) mass is 275 g/mol. The molecule has 1 rings (SSSR count). The molecular weight excluding hydrogens is 261 g/mol. The average Bonchev–Trinajstić information content (AvgIpc) is 2.46. The predicted molar refractivity (Wildman–Crippen MR) is 69.3 cm³/mol. The Morgan fingerprint density at radius 3 is 2.35 bits per heavy atom. The number of rotatable bonds is 6. The lowest BCUT2D eigenvalue weighted by molar-refractivity contribution is 0.0757. The number of carbonyl (C=O) groups excluding carboxylic acids is 1. The highest BCUT2D eigenvalue weighted by atomic mass is 19.1. The Labute approximate surface area is 116 Å². The maximum atomic E-state index is 13.8. The van der Waals surface area contributed by atoms with Gasteiger partial charge in [-0.2, -0.15) is 10.5 Å². The Balaban J connectivity index is 2.93. The summed E-state index contributed by atoms with van der Waals surface area (Å²) in [6.45, 7) is 0.338. The van der Waals surface area contributed by atoms with Crippen LogP contribution in [0.5, 0.6) is 5.75 Å². The summed E-state index contributed by atoms with van der Waals surface area (Å²) >= 11 is 0. The van der Waals surface area contributed by atoms with E-state index in [1.165, 1.54) is 24.1 Å². The second-order valence-corrected chi connectivity index (χ2v) is 3.95. The van der Waals surface area contributed by atoms with Crippen molar-refractivity contribution in [2.75, 3.05) is 20.2 Å². The number of ether oxygens (including phenoxy) is 1. The van der Waals surface area contributed by atoms with Crippen molar-refractivity contribution in [1.29, 1.82) is 10.5 Å². The molecule has 0 saturated heterocycles. The van der Waals surface area contributed by atoms with E-state index in [0.29, 0.717) is 5.75 Å². The molecule has 0 aliphatic carbocycles. The van der Waals surface area contributed by atoms with Gasteiger partial charge >= 0.3 is 0 Å². The van der Waals surface area contributed by atoms with Crippen LogP contribution >= 0.6 is 0 Å². The molecule has 1 aromatic carbocycles. The van der Waals surface area contributed by atoms with Crippen molar-refractivity contribution in [2.45, 2.75) is 12.8 Å². The molecule has 6 heteroatoms. The molecule has 1 aromatic rings. The lowest BCUT2D eigenvalue weighted by Crippen LogP contribution is -2.33. The third kappa shape index (κ3) is 3.96. The van der Waals surface area contributed by atoms with Crippen LogP contribution in [0.4, 0.5) is 4.39 Å². The Morgan fingerprint density at radius 1 is 1.30 bits per heavy atom. The van der Waals surface area contributed by atoms with E-state index in [-0.39, 0.29) is 31.5 Å². The molecule has 0 aliphatic rings. The van der Waals surface area contributed by atoms with Gasteiger partial charge in [-0.15, -0.1) is 0 Å². The minimum atomic E-state index is -0.687. The minimum absolute atomic E-state index is 0.0957. The summed E-state index contributed by atoms with van der Waals surface area (Å²) < 4.78 is 18.7. The number of amides is 1. The van der Waals surface area contributed by atoms with Crippen LogP contribution in [0.25, 0.3) is 0 Å². The highest BCUT2D eigenvalue weighted by Gasteiger charge is 2.19. The maximum Gasteiger partial charge on any atom is 0.256 e. The quantitative estimate of drug-likeness (QED) is 0.796. The zero-order valence-corrected chi connectivity index (χ0v) is 11.1. The zero-order valence-electron chi connectivity index (χ0n) is 11.1. The molecule has 0 saturated carbocycles. The highest BCUT2D eigenvalue weighted by molar-refractivity contribution is 5.94. The van der Waals surface area contributed by atoms with Crippen LogP contribution < -0.4 is 4.74 Å². The standard InChI is InChI=1S/C14H14FN3O2/c1-20-11-4-5-12(13(15)10-11)14(19)18(8-2-6-16)9-3-7-17/h4-5,10H,2-3,8-9H2,1H3. The van der Waals surface area contributed by atoms with Gasteiger partial charge < -0.3 is 9.64 Å². The molecule has 5 nitrogen and oxygen atoms in total. The van der Waals surface area contributed by atoms with Gasteiger partial charge in [-0.05, 0) is 12.1 Å². The molecule has 0 aliphatic heterocycles. The number of halogens is 1. The van der Waals surface area contributed by atoms with Crippen molar-refractivity contribution in [1.82, 2.24) is 4.90 Å². The molecule has 104 valence electrons. The summed E-state index contributed by atoms with van der Waals surface area (Å²) in [5, 5.41) is 17.1. The fraction of sp³-hybridized carbons (Fsp3) is 0.357. The van der Waals surface area contributed by atoms with Gasteiger partial charge in [0.25, 0.3) is 5.91 Å². The van der Waals surface area contributed by atoms with Crippen molar-refractivity contribution < 1.29 is 13.9 Å². The van der Waals surface area contributed by atoms with Crippen LogP contribution in [0.2, 0.25) is 0 Å². The van der Waals surface area contributed by atoms with Gasteiger partial charge in [-0.25, -0.2) is 4.39 Å². The molecule has 0 spiro atoms. The summed E-state index contributed by atoms with van der Waals surface area (Å²) in [6, 6.07) is 7.80. The van der Waals surface area contributed by atoms with Crippen LogP contribution in [0.15, 0.2) is 18.2 Å². The van der Waals surface area contributed by atoms with E-state index in [4.69, 9.17) is 15.3 Å². The fourth-order valence-electron chi connectivity index (χ4n) is 1.65. The summed E-state index contributed by atoms with van der Waals surface area (Å²) in [5.41, 5.74) is -0.0957. The number of hydrogen-bond acceptors (Lipinski definition) is 4. The lowest BCUT2D eigenvalue weighted by atomic mass is 10.1. The molecule has 0 atom stereocenters. The molecule has 0 fully saturated rings. The van der Waals surface area contributed by atoms with E-state index >= 15 is 0 Å². The second-order valence-electron chi connectivity index (χ2n) is 3.95. The maximum absolute atomic E-state index is 13.8. The number of benzene rings is 1. The van der Waals surface area contributed by atoms with Gasteiger partial charge in [-0.3, -0.25) is 4.79 Å². The van der Waals surface area contributed by atoms with Crippen LogP contribution in [-0.4, -0.2) is 31.0 Å². The summed E-state index contributed by atoms with van der Waals surface area (Å²) in [6.07, 6.45) is 0.268. The van der Waals surface area contributed by atoms with Crippen molar-refractivity contribution in [2.24, 2.45) is 0 Å². The van der Waals surface area contributed by atoms with Gasteiger partial charge in [0.15, 0.2) is 0 Å². The smallest absolute Gasteiger partial charge is 0.256 e. The third-order valence-corrected chi connectivity index (χ3v) is 2.68. The van der Waals surface area contributed by atoms with Gasteiger partial charge in [0, 0.05) is 19.2 Å². The van der Waals surface area contributed by atoms with Gasteiger partial charge in [0.1, 0.15) is 11.6 Å². The first-order valence-electron chi connectivity index (χ1n) is 6.00. The molecule has 0 N–H and O–H groups in total. The van der Waals surface area contributed by atoms with Crippen molar-refractivity contribution in [3.8, 4) is 17.9 Å². The van der Waals surface area contributed by atoms with Crippen molar-refractivity contribution in [3.05, 3.63) is 29.6 Å². The number of methoxy groups -OCH3 is 1. The van der Waals surface area contributed by atoms with E-state index in [2.05, 4.69) is 0 Å². The SMILES string of the molecule is COc1ccc(C(=O)N(CCC#N)CCC#N)c(F)c1. The molecule has 0 heterocycles. The zero-order chi connectivity index (χ0) is 15.0. The molecule has 0 aromatic heterocycles. The van der Waals surface area contributed by atoms with E-state index in [1.54, 1.807) is 0 Å². The normalized spacial score (nSPS) is 9.40. The number of hydrogen-bond donors (Lipinski definition) is 0. The number of nitrogens with zero attached hydrogens (tertiary/aromatic N) is 3. The first-order valence-corrected chi connectivity index (χ1v) is 6.00. The summed E-state index contributed by atoms with van der Waals surface area (Å²) in [4.78, 5) is 13.5. The molecule has 1 amide bonds. The molecule has 0 unspecified atom stereocenters. The Hall–Kier alpha value is -2.60. The van der Waals surface area contributed by atoms with Gasteiger partial charge in [0.2, 0.25) is 0 Å². The Morgan fingerprint density at radius 2 is 1.90 bits per heavy atom. The highest BCUT2D eigenvalue weighted by Crippen LogP contribution is 2.18. The number of nitriles is 2. The third-order valence-electron chi connectivity index (χ3n) is 2.68. The molecular formula is C14H14FN3O2. The average molecular weight is 275 g/mol. The lowest BCUT2D eigenvalue weighted by Gasteiger charge is -2.20. The fourth-order valence-corrected chi connectivity index (χ4v) is 1.65. The molecule has 0 bridgehead atoms. The topological polar surface area (TPSA) is 77.1 Å². The predicted octanol–water partition coefficient (Wildman–Crippen LogP) is 2.10. The molecule has 0 radical (unpaired) electrons. The van der Waals surface area contributed by atoms with Crippen LogP contribution in [-0.2, 0) is 0 Å². The van der Waals surface area contributed by atoms with Crippen molar-refractivity contribution in [3.63, 3.8) is 0 Å². The Bertz CT molecular complexity index is 543. The summed E-state index contributed by atoms with van der Waals surface area (Å²) in [5.74, 6) is -0.899. The van der Waals surface area contributed by atoms with Crippen molar-refractivity contribution >= 4 is 5.91 Å². The van der Waals surface area contributed by atoms with E-state index in [0.717, 1.165) is 6.07 Å².